The Kier molecular flexibility index (Phi) is 5.66. The van der Waals surface area contributed by atoms with Gasteiger partial charge < -0.3 is 5.11 Å². The van der Waals surface area contributed by atoms with Crippen LogP contribution < -0.4 is 0 Å². The summed E-state index contributed by atoms with van der Waals surface area (Å²) >= 11 is 0. The lowest BCUT2D eigenvalue weighted by molar-refractivity contribution is -0.143. The van der Waals surface area contributed by atoms with E-state index in [-0.39, 0.29) is 18.2 Å². The highest BCUT2D eigenvalue weighted by atomic mass is 32.2. The van der Waals surface area contributed by atoms with Crippen LogP contribution in [0.3, 0.4) is 0 Å². The first kappa shape index (κ1) is 16.7. The Labute approximate surface area is 127 Å². The molecule has 21 heavy (non-hydrogen) atoms. The summed E-state index contributed by atoms with van der Waals surface area (Å²) in [7, 11) is -3.31. The number of carboxylic acid groups (broad SMARTS) is 1. The minimum atomic E-state index is -3.31. The Morgan fingerprint density at radius 1 is 1.19 bits per heavy atom. The number of carboxylic acids is 1. The molecule has 122 valence electrons. The van der Waals surface area contributed by atoms with Crippen molar-refractivity contribution in [2.75, 3.05) is 18.8 Å². The molecule has 1 saturated carbocycles. The third-order valence-electron chi connectivity index (χ3n) is 4.88. The van der Waals surface area contributed by atoms with Gasteiger partial charge in [-0.05, 0) is 24.7 Å². The van der Waals surface area contributed by atoms with Crippen molar-refractivity contribution in [3.63, 3.8) is 0 Å². The van der Waals surface area contributed by atoms with E-state index in [0.717, 1.165) is 19.3 Å². The van der Waals surface area contributed by atoms with Crippen molar-refractivity contribution in [2.24, 2.45) is 17.8 Å². The highest BCUT2D eigenvalue weighted by molar-refractivity contribution is 7.89. The molecule has 0 aromatic carbocycles. The van der Waals surface area contributed by atoms with Gasteiger partial charge in [0.2, 0.25) is 10.0 Å². The van der Waals surface area contributed by atoms with Gasteiger partial charge in [0.25, 0.3) is 0 Å². The lowest BCUT2D eigenvalue weighted by Crippen LogP contribution is -2.46. The summed E-state index contributed by atoms with van der Waals surface area (Å²) < 4.78 is 26.4. The zero-order chi connectivity index (χ0) is 15.5. The van der Waals surface area contributed by atoms with Gasteiger partial charge >= 0.3 is 5.97 Å². The molecular weight excluding hydrogens is 290 g/mol. The van der Waals surface area contributed by atoms with Gasteiger partial charge in [-0.15, -0.1) is 0 Å². The molecule has 0 radical (unpaired) electrons. The van der Waals surface area contributed by atoms with E-state index in [1.54, 1.807) is 0 Å². The van der Waals surface area contributed by atoms with E-state index in [9.17, 15) is 13.2 Å². The number of nitrogens with zero attached hydrogens (tertiary/aromatic N) is 1. The summed E-state index contributed by atoms with van der Waals surface area (Å²) in [5.41, 5.74) is 0. The first-order valence-electron chi connectivity index (χ1n) is 8.09. The van der Waals surface area contributed by atoms with E-state index in [1.807, 2.05) is 6.92 Å². The molecule has 2 rings (SSSR count). The molecule has 1 heterocycles. The highest BCUT2D eigenvalue weighted by Crippen LogP contribution is 2.28. The normalized spacial score (nSPS) is 29.4. The number of piperidine rings is 1. The molecule has 0 aromatic rings. The molecule has 2 aliphatic rings. The first-order valence-corrected chi connectivity index (χ1v) is 9.70. The molecule has 0 spiro atoms. The number of carbonyl (C=O) groups is 1. The van der Waals surface area contributed by atoms with Crippen LogP contribution in [-0.2, 0) is 14.8 Å². The molecular formula is C15H27NO4S. The Balaban J connectivity index is 1.92. The fourth-order valence-corrected chi connectivity index (χ4v) is 5.41. The van der Waals surface area contributed by atoms with Crippen LogP contribution in [0.5, 0.6) is 0 Å². The van der Waals surface area contributed by atoms with E-state index in [0.29, 0.717) is 18.9 Å². The zero-order valence-electron chi connectivity index (χ0n) is 12.8. The Morgan fingerprint density at radius 3 is 2.48 bits per heavy atom. The topological polar surface area (TPSA) is 74.7 Å². The van der Waals surface area contributed by atoms with E-state index in [4.69, 9.17) is 5.11 Å². The molecule has 6 heteroatoms. The zero-order valence-corrected chi connectivity index (χ0v) is 13.6. The summed E-state index contributed by atoms with van der Waals surface area (Å²) in [5, 5.41) is 9.15. The molecule has 2 unspecified atom stereocenters. The lowest BCUT2D eigenvalue weighted by atomic mass is 9.88. The van der Waals surface area contributed by atoms with Crippen molar-refractivity contribution >= 4 is 16.0 Å². The largest absolute Gasteiger partial charge is 0.481 e. The van der Waals surface area contributed by atoms with Crippen LogP contribution in [0.1, 0.15) is 51.9 Å². The second kappa shape index (κ2) is 7.09. The molecule has 0 bridgehead atoms. The van der Waals surface area contributed by atoms with Crippen molar-refractivity contribution in [3.8, 4) is 0 Å². The predicted octanol–water partition coefficient (Wildman–Crippen LogP) is 2.33. The van der Waals surface area contributed by atoms with E-state index < -0.39 is 21.9 Å². The maximum atomic E-state index is 12.5. The molecule has 1 aliphatic heterocycles. The number of hydrogen-bond acceptors (Lipinski definition) is 3. The van der Waals surface area contributed by atoms with Crippen LogP contribution in [0.25, 0.3) is 0 Å². The number of aliphatic carboxylic acids is 1. The monoisotopic (exact) mass is 317 g/mol. The standard InChI is InChI=1S/C15H27NO4S/c1-12-9-14(15(17)18)11-16(10-12)21(19,20)8-7-13-5-3-2-4-6-13/h12-14H,2-11H2,1H3,(H,17,18). The fourth-order valence-electron chi connectivity index (χ4n) is 3.63. The minimum absolute atomic E-state index is 0.115. The van der Waals surface area contributed by atoms with Crippen molar-refractivity contribution < 1.29 is 18.3 Å². The lowest BCUT2D eigenvalue weighted by Gasteiger charge is -2.34. The van der Waals surface area contributed by atoms with E-state index in [1.165, 1.54) is 23.6 Å². The van der Waals surface area contributed by atoms with Gasteiger partial charge in [-0.1, -0.05) is 39.0 Å². The molecule has 0 amide bonds. The maximum Gasteiger partial charge on any atom is 0.307 e. The average molecular weight is 317 g/mol. The van der Waals surface area contributed by atoms with Crippen molar-refractivity contribution in [3.05, 3.63) is 0 Å². The van der Waals surface area contributed by atoms with Crippen LogP contribution in [0.15, 0.2) is 0 Å². The quantitative estimate of drug-likeness (QED) is 0.844. The van der Waals surface area contributed by atoms with Crippen molar-refractivity contribution in [1.82, 2.24) is 4.31 Å². The molecule has 1 N–H and O–H groups in total. The van der Waals surface area contributed by atoms with Crippen LogP contribution in [-0.4, -0.2) is 42.6 Å². The van der Waals surface area contributed by atoms with Crippen molar-refractivity contribution in [2.45, 2.75) is 51.9 Å². The molecule has 2 atom stereocenters. The molecule has 2 fully saturated rings. The van der Waals surface area contributed by atoms with Crippen molar-refractivity contribution in [1.29, 1.82) is 0 Å². The van der Waals surface area contributed by atoms with Gasteiger partial charge in [0.05, 0.1) is 11.7 Å². The Morgan fingerprint density at radius 2 is 1.86 bits per heavy atom. The predicted molar refractivity (Wildman–Crippen MR) is 81.5 cm³/mol. The maximum absolute atomic E-state index is 12.5. The smallest absolute Gasteiger partial charge is 0.307 e. The third-order valence-corrected chi connectivity index (χ3v) is 6.71. The second-order valence-corrected chi connectivity index (χ2v) is 8.89. The second-order valence-electron chi connectivity index (χ2n) is 6.80. The minimum Gasteiger partial charge on any atom is -0.481 e. The number of sulfonamides is 1. The van der Waals surface area contributed by atoms with E-state index >= 15 is 0 Å². The fraction of sp³-hybridized carbons (Fsp3) is 0.933. The average Bonchev–Trinajstić information content (AvgIpc) is 2.45. The molecule has 5 nitrogen and oxygen atoms in total. The molecule has 1 saturated heterocycles. The van der Waals surface area contributed by atoms with Gasteiger partial charge in [0.1, 0.15) is 0 Å². The Bertz CT molecular complexity index is 456. The summed E-state index contributed by atoms with van der Waals surface area (Å²) in [6, 6.07) is 0. The van der Waals surface area contributed by atoms with Crippen LogP contribution in [0, 0.1) is 17.8 Å². The molecule has 1 aliphatic carbocycles. The summed E-state index contributed by atoms with van der Waals surface area (Å²) in [5.74, 6) is -0.612. The van der Waals surface area contributed by atoms with Gasteiger partial charge in [-0.3, -0.25) is 4.79 Å². The van der Waals surface area contributed by atoms with Crippen LogP contribution in [0.4, 0.5) is 0 Å². The SMILES string of the molecule is CC1CC(C(=O)O)CN(S(=O)(=O)CCC2CCCCC2)C1. The van der Waals surface area contributed by atoms with Crippen LogP contribution in [0.2, 0.25) is 0 Å². The Hall–Kier alpha value is -0.620. The first-order chi connectivity index (χ1) is 9.88. The number of hydrogen-bond donors (Lipinski definition) is 1. The van der Waals surface area contributed by atoms with Gasteiger partial charge in [-0.2, -0.15) is 0 Å². The van der Waals surface area contributed by atoms with Gasteiger partial charge in [-0.25, -0.2) is 12.7 Å². The summed E-state index contributed by atoms with van der Waals surface area (Å²) in [4.78, 5) is 11.2. The van der Waals surface area contributed by atoms with Crippen LogP contribution >= 0.6 is 0 Å². The summed E-state index contributed by atoms with van der Waals surface area (Å²) in [6.45, 7) is 2.54. The van der Waals surface area contributed by atoms with Gasteiger partial charge in [0, 0.05) is 13.1 Å². The molecule has 0 aromatic heterocycles. The summed E-state index contributed by atoms with van der Waals surface area (Å²) in [6.07, 6.45) is 7.29. The van der Waals surface area contributed by atoms with Gasteiger partial charge in [0.15, 0.2) is 0 Å². The van der Waals surface area contributed by atoms with E-state index in [2.05, 4.69) is 0 Å². The third kappa shape index (κ3) is 4.68. The highest BCUT2D eigenvalue weighted by Gasteiger charge is 2.35. The number of rotatable bonds is 5.